The Hall–Kier alpha value is -2.05. The van der Waals surface area contributed by atoms with Crippen LogP contribution < -0.4 is 5.32 Å². The lowest BCUT2D eigenvalue weighted by Gasteiger charge is -2.15. The Morgan fingerprint density at radius 3 is 2.62 bits per heavy atom. The van der Waals surface area contributed by atoms with Crippen LogP contribution in [0.3, 0.4) is 0 Å². The van der Waals surface area contributed by atoms with Crippen molar-refractivity contribution in [3.8, 4) is 0 Å². The number of esters is 1. The molecule has 2 aromatic rings. The highest BCUT2D eigenvalue weighted by Gasteiger charge is 2.30. The molecule has 0 aliphatic heterocycles. The number of benzene rings is 2. The van der Waals surface area contributed by atoms with Gasteiger partial charge in [0.05, 0.1) is 16.1 Å². The first kappa shape index (κ1) is 20.3. The van der Waals surface area contributed by atoms with Crippen LogP contribution in [-0.4, -0.2) is 25.2 Å². The smallest absolute Gasteiger partial charge is 0.416 e. The van der Waals surface area contributed by atoms with E-state index in [-0.39, 0.29) is 12.6 Å². The summed E-state index contributed by atoms with van der Waals surface area (Å²) in [7, 11) is 0. The van der Waals surface area contributed by atoms with Crippen LogP contribution in [0.1, 0.15) is 28.4 Å². The maximum Gasteiger partial charge on any atom is 0.416 e. The Morgan fingerprint density at radius 2 is 1.92 bits per heavy atom. The predicted octanol–water partition coefficient (Wildman–Crippen LogP) is 4.74. The summed E-state index contributed by atoms with van der Waals surface area (Å²) < 4.78 is 43.3. The first-order valence-electron chi connectivity index (χ1n) is 8.08. The lowest BCUT2D eigenvalue weighted by molar-refractivity contribution is -0.137. The standard InChI is InChI=1S/C19H19ClF3NO2/c1-13(11-14-5-4-6-15(12-14)19(21,22)23)24-9-10-26-18(25)16-7-2-3-8-17(16)20/h2-8,12-13,24H,9-11H2,1H3. The Morgan fingerprint density at radius 1 is 1.19 bits per heavy atom. The van der Waals surface area contributed by atoms with E-state index in [0.717, 1.165) is 12.1 Å². The van der Waals surface area contributed by atoms with Crippen LogP contribution in [0.5, 0.6) is 0 Å². The van der Waals surface area contributed by atoms with E-state index in [1.165, 1.54) is 6.07 Å². The van der Waals surface area contributed by atoms with Gasteiger partial charge in [0.2, 0.25) is 0 Å². The second-order valence-corrected chi connectivity index (χ2v) is 6.28. The fourth-order valence-corrected chi connectivity index (χ4v) is 2.67. The Bertz CT molecular complexity index is 750. The minimum absolute atomic E-state index is 0.0718. The Kier molecular flexibility index (Phi) is 7.06. The summed E-state index contributed by atoms with van der Waals surface area (Å²) in [6, 6.07) is 11.8. The normalized spacial score (nSPS) is 12.7. The molecule has 0 amide bonds. The minimum atomic E-state index is -4.35. The number of carbonyl (C=O) groups excluding carboxylic acids is 1. The summed E-state index contributed by atoms with van der Waals surface area (Å²) in [5.41, 5.74) is 0.231. The number of ether oxygens (including phenoxy) is 1. The van der Waals surface area contributed by atoms with Crippen molar-refractivity contribution in [3.63, 3.8) is 0 Å². The van der Waals surface area contributed by atoms with Crippen LogP contribution in [0, 0.1) is 0 Å². The third-order valence-corrected chi connectivity index (χ3v) is 4.05. The van der Waals surface area contributed by atoms with E-state index in [2.05, 4.69) is 5.32 Å². The summed E-state index contributed by atoms with van der Waals surface area (Å²) in [6.07, 6.45) is -3.91. The zero-order valence-corrected chi connectivity index (χ0v) is 14.9. The molecule has 0 saturated carbocycles. The van der Waals surface area contributed by atoms with Crippen molar-refractivity contribution in [1.29, 1.82) is 0 Å². The molecule has 2 rings (SSSR count). The molecule has 1 N–H and O–H groups in total. The second kappa shape index (κ2) is 9.05. The third-order valence-electron chi connectivity index (χ3n) is 3.72. The van der Waals surface area contributed by atoms with E-state index in [4.69, 9.17) is 16.3 Å². The quantitative estimate of drug-likeness (QED) is 0.553. The predicted molar refractivity (Wildman–Crippen MR) is 94.3 cm³/mol. The first-order chi connectivity index (χ1) is 12.3. The van der Waals surface area contributed by atoms with Gasteiger partial charge in [0.15, 0.2) is 0 Å². The average molecular weight is 386 g/mol. The van der Waals surface area contributed by atoms with Gasteiger partial charge in [-0.15, -0.1) is 0 Å². The molecule has 0 bridgehead atoms. The van der Waals surface area contributed by atoms with Crippen LogP contribution in [0.25, 0.3) is 0 Å². The minimum Gasteiger partial charge on any atom is -0.461 e. The highest BCUT2D eigenvalue weighted by atomic mass is 35.5. The SMILES string of the molecule is CC(Cc1cccc(C(F)(F)F)c1)NCCOC(=O)c1ccccc1Cl. The third kappa shape index (κ3) is 6.04. The molecule has 26 heavy (non-hydrogen) atoms. The molecule has 0 fully saturated rings. The summed E-state index contributed by atoms with van der Waals surface area (Å²) in [4.78, 5) is 11.9. The van der Waals surface area contributed by atoms with Crippen molar-refractivity contribution in [1.82, 2.24) is 5.32 Å². The van der Waals surface area contributed by atoms with Gasteiger partial charge in [0.1, 0.15) is 6.61 Å². The first-order valence-corrected chi connectivity index (χ1v) is 8.46. The molecule has 2 aromatic carbocycles. The van der Waals surface area contributed by atoms with Gasteiger partial charge in [-0.2, -0.15) is 13.2 Å². The van der Waals surface area contributed by atoms with Gasteiger partial charge >= 0.3 is 12.1 Å². The van der Waals surface area contributed by atoms with E-state index in [1.54, 1.807) is 30.3 Å². The van der Waals surface area contributed by atoms with Gasteiger partial charge in [0.25, 0.3) is 0 Å². The molecular weight excluding hydrogens is 367 g/mol. The topological polar surface area (TPSA) is 38.3 Å². The molecule has 1 atom stereocenters. The van der Waals surface area contributed by atoms with Crippen molar-refractivity contribution < 1.29 is 22.7 Å². The molecule has 0 saturated heterocycles. The van der Waals surface area contributed by atoms with Crippen LogP contribution in [-0.2, 0) is 17.3 Å². The van der Waals surface area contributed by atoms with Crippen LogP contribution >= 0.6 is 11.6 Å². The maximum atomic E-state index is 12.7. The van der Waals surface area contributed by atoms with E-state index in [0.29, 0.717) is 29.1 Å². The van der Waals surface area contributed by atoms with E-state index >= 15 is 0 Å². The van der Waals surface area contributed by atoms with Crippen LogP contribution in [0.15, 0.2) is 48.5 Å². The van der Waals surface area contributed by atoms with E-state index in [9.17, 15) is 18.0 Å². The fourth-order valence-electron chi connectivity index (χ4n) is 2.45. The van der Waals surface area contributed by atoms with E-state index < -0.39 is 17.7 Å². The zero-order valence-electron chi connectivity index (χ0n) is 14.1. The lowest BCUT2D eigenvalue weighted by Crippen LogP contribution is -2.31. The molecule has 1 unspecified atom stereocenters. The molecule has 140 valence electrons. The van der Waals surface area contributed by atoms with Gasteiger partial charge < -0.3 is 10.1 Å². The number of rotatable bonds is 7. The highest BCUT2D eigenvalue weighted by molar-refractivity contribution is 6.33. The van der Waals surface area contributed by atoms with Crippen LogP contribution in [0.2, 0.25) is 5.02 Å². The van der Waals surface area contributed by atoms with Crippen molar-refractivity contribution in [2.75, 3.05) is 13.2 Å². The fraction of sp³-hybridized carbons (Fsp3) is 0.316. The van der Waals surface area contributed by atoms with Gasteiger partial charge in [0, 0.05) is 12.6 Å². The summed E-state index contributed by atoms with van der Waals surface area (Å²) in [5, 5.41) is 3.44. The lowest BCUT2D eigenvalue weighted by atomic mass is 10.0. The zero-order chi connectivity index (χ0) is 19.2. The van der Waals surface area contributed by atoms with Crippen molar-refractivity contribution in [3.05, 3.63) is 70.2 Å². The number of alkyl halides is 3. The van der Waals surface area contributed by atoms with Gasteiger partial charge in [-0.1, -0.05) is 41.9 Å². The molecule has 0 heterocycles. The second-order valence-electron chi connectivity index (χ2n) is 5.87. The number of nitrogens with one attached hydrogen (secondary N) is 1. The molecule has 0 spiro atoms. The summed E-state index contributed by atoms with van der Waals surface area (Å²) in [5.74, 6) is -0.511. The van der Waals surface area contributed by atoms with Gasteiger partial charge in [-0.3, -0.25) is 0 Å². The monoisotopic (exact) mass is 385 g/mol. The summed E-state index contributed by atoms with van der Waals surface area (Å²) >= 11 is 5.92. The van der Waals surface area contributed by atoms with Crippen LogP contribution in [0.4, 0.5) is 13.2 Å². The largest absolute Gasteiger partial charge is 0.461 e. The highest BCUT2D eigenvalue weighted by Crippen LogP contribution is 2.29. The number of halogens is 4. The molecule has 7 heteroatoms. The molecule has 0 aromatic heterocycles. The Balaban J connectivity index is 1.77. The molecule has 0 radical (unpaired) electrons. The summed E-state index contributed by atoms with van der Waals surface area (Å²) in [6.45, 7) is 2.38. The van der Waals surface area contributed by atoms with Gasteiger partial charge in [-0.25, -0.2) is 4.79 Å². The van der Waals surface area contributed by atoms with Gasteiger partial charge in [-0.05, 0) is 37.1 Å². The van der Waals surface area contributed by atoms with Crippen molar-refractivity contribution >= 4 is 17.6 Å². The number of hydrogen-bond acceptors (Lipinski definition) is 3. The maximum absolute atomic E-state index is 12.7. The molecule has 0 aliphatic carbocycles. The number of hydrogen-bond donors (Lipinski definition) is 1. The molecular formula is C19H19ClF3NO2. The van der Waals surface area contributed by atoms with Crippen molar-refractivity contribution in [2.45, 2.75) is 25.6 Å². The Labute approximate surface area is 155 Å². The molecule has 0 aliphatic rings. The van der Waals surface area contributed by atoms with Crippen molar-refractivity contribution in [2.24, 2.45) is 0 Å². The number of carbonyl (C=O) groups is 1. The molecule has 3 nitrogen and oxygen atoms in total. The van der Waals surface area contributed by atoms with E-state index in [1.807, 2.05) is 6.92 Å². The average Bonchev–Trinajstić information content (AvgIpc) is 2.58.